The minimum absolute atomic E-state index is 0.0245. The highest BCUT2D eigenvalue weighted by molar-refractivity contribution is 6.82. The van der Waals surface area contributed by atoms with Crippen molar-refractivity contribution in [1.29, 1.82) is 0 Å². The van der Waals surface area contributed by atoms with Gasteiger partial charge in [-0.2, -0.15) is 4.79 Å². The maximum atomic E-state index is 11.3. The van der Waals surface area contributed by atoms with E-state index < -0.39 is 8.07 Å². The largest absolute Gasteiger partial charge is 0.361 e. The maximum Gasteiger partial charge on any atom is 0.322 e. The Bertz CT molecular complexity index is 228. The van der Waals surface area contributed by atoms with Gasteiger partial charge in [0.25, 0.3) is 0 Å². The van der Waals surface area contributed by atoms with Crippen LogP contribution in [0.25, 0.3) is 5.53 Å². The summed E-state index contributed by atoms with van der Waals surface area (Å²) in [6.45, 7) is 6.58. The number of Topliss-reactive ketones (excluding diaryl/α,β-unsaturated/α-hetero) is 1. The molecule has 0 aromatic carbocycles. The van der Waals surface area contributed by atoms with Crippen molar-refractivity contribution >= 4 is 20.1 Å². The molecule has 0 heterocycles. The van der Waals surface area contributed by atoms with Crippen LogP contribution in [0.2, 0.25) is 24.7 Å². The summed E-state index contributed by atoms with van der Waals surface area (Å²) >= 11 is 0. The molecule has 0 unspecified atom stereocenters. The summed E-state index contributed by atoms with van der Waals surface area (Å²) in [5, 5.41) is 0. The number of hydrogen-bond acceptors (Lipinski definition) is 1. The molecule has 3 nitrogen and oxygen atoms in total. The molecule has 0 aliphatic carbocycles. The van der Waals surface area contributed by atoms with Crippen LogP contribution in [-0.4, -0.2) is 24.9 Å². The van der Waals surface area contributed by atoms with Gasteiger partial charge in [-0.25, -0.2) is 0 Å². The molecule has 0 N–H and O–H groups in total. The summed E-state index contributed by atoms with van der Waals surface area (Å²) in [7, 11) is -1.40. The van der Waals surface area contributed by atoms with E-state index >= 15 is 0 Å². The molecule has 0 saturated carbocycles. The van der Waals surface area contributed by atoms with Crippen LogP contribution >= 0.6 is 0 Å². The zero-order valence-electron chi connectivity index (χ0n) is 9.42. The van der Waals surface area contributed by atoms with Crippen molar-refractivity contribution in [2.75, 3.05) is 0 Å². The van der Waals surface area contributed by atoms with E-state index in [4.69, 9.17) is 5.53 Å². The van der Waals surface area contributed by atoms with Gasteiger partial charge in [0.1, 0.15) is 0 Å². The lowest BCUT2D eigenvalue weighted by molar-refractivity contribution is -0.114. The lowest BCUT2D eigenvalue weighted by atomic mass is 10.5. The molecule has 0 radical (unpaired) electrons. The summed E-state index contributed by atoms with van der Waals surface area (Å²) < 4.78 is 0. The van der Waals surface area contributed by atoms with Gasteiger partial charge in [0, 0.05) is 6.04 Å². The van der Waals surface area contributed by atoms with Crippen LogP contribution in [0.1, 0.15) is 26.7 Å². The molecule has 0 aromatic heterocycles. The minimum atomic E-state index is -1.40. The molecular formula is C10H20N2OSi. The summed E-state index contributed by atoms with van der Waals surface area (Å²) in [5.74, 6) is -0.0245. The molecule has 0 aliphatic heterocycles. The van der Waals surface area contributed by atoms with Crippen molar-refractivity contribution in [3.05, 3.63) is 5.53 Å². The SMILES string of the molecule is CCC[Si](C)(CCC)CC(=O)C=[N+]=[N-]. The fourth-order valence-corrected chi connectivity index (χ4v) is 5.99. The molecule has 80 valence electrons. The first-order chi connectivity index (χ1) is 6.58. The Labute approximate surface area is 87.1 Å². The van der Waals surface area contributed by atoms with Gasteiger partial charge in [0.15, 0.2) is 0 Å². The third-order valence-electron chi connectivity index (χ3n) is 2.51. The Morgan fingerprint density at radius 3 is 2.21 bits per heavy atom. The summed E-state index contributed by atoms with van der Waals surface area (Å²) in [4.78, 5) is 14.1. The minimum Gasteiger partial charge on any atom is -0.361 e. The van der Waals surface area contributed by atoms with E-state index in [1.165, 1.54) is 12.1 Å². The Kier molecular flexibility index (Phi) is 6.33. The van der Waals surface area contributed by atoms with E-state index in [0.29, 0.717) is 6.04 Å². The zero-order valence-corrected chi connectivity index (χ0v) is 10.4. The van der Waals surface area contributed by atoms with Gasteiger partial charge >= 0.3 is 6.21 Å². The highest BCUT2D eigenvalue weighted by Gasteiger charge is 2.28. The average molecular weight is 212 g/mol. The quantitative estimate of drug-likeness (QED) is 0.277. The van der Waals surface area contributed by atoms with Crippen LogP contribution < -0.4 is 0 Å². The van der Waals surface area contributed by atoms with E-state index in [-0.39, 0.29) is 5.78 Å². The molecule has 4 heteroatoms. The predicted molar refractivity (Wildman–Crippen MR) is 61.3 cm³/mol. The van der Waals surface area contributed by atoms with Crippen LogP contribution in [0.5, 0.6) is 0 Å². The molecule has 0 fully saturated rings. The number of ketones is 1. The number of carbonyl (C=O) groups is 1. The van der Waals surface area contributed by atoms with Crippen LogP contribution in [-0.2, 0) is 4.79 Å². The van der Waals surface area contributed by atoms with Crippen molar-refractivity contribution in [2.45, 2.75) is 51.4 Å². The van der Waals surface area contributed by atoms with Crippen molar-refractivity contribution in [1.82, 2.24) is 0 Å². The summed E-state index contributed by atoms with van der Waals surface area (Å²) in [6.07, 6.45) is 3.33. The third kappa shape index (κ3) is 5.10. The first-order valence-electron chi connectivity index (χ1n) is 5.28. The molecular weight excluding hydrogens is 192 g/mol. The Hall–Kier alpha value is -0.733. The smallest absolute Gasteiger partial charge is 0.322 e. The second kappa shape index (κ2) is 6.68. The number of carbonyl (C=O) groups excluding carboxylic acids is 1. The number of rotatable bonds is 7. The maximum absolute atomic E-state index is 11.3. The molecule has 0 atom stereocenters. The fourth-order valence-electron chi connectivity index (χ4n) is 2.04. The van der Waals surface area contributed by atoms with Crippen LogP contribution in [0.4, 0.5) is 0 Å². The van der Waals surface area contributed by atoms with E-state index in [2.05, 4.69) is 25.2 Å². The van der Waals surface area contributed by atoms with E-state index in [9.17, 15) is 4.79 Å². The molecule has 0 aromatic rings. The topological polar surface area (TPSA) is 53.5 Å². The monoisotopic (exact) mass is 212 g/mol. The van der Waals surface area contributed by atoms with E-state index in [1.807, 2.05) is 0 Å². The van der Waals surface area contributed by atoms with Crippen molar-refractivity contribution in [3.8, 4) is 0 Å². The Balaban J connectivity index is 4.34. The Morgan fingerprint density at radius 2 is 1.86 bits per heavy atom. The molecule has 0 amide bonds. The van der Waals surface area contributed by atoms with Gasteiger partial charge in [-0.1, -0.05) is 45.3 Å². The molecule has 0 aliphatic rings. The number of nitrogens with zero attached hydrogens (tertiary/aromatic N) is 2. The van der Waals surface area contributed by atoms with Crippen LogP contribution in [0.15, 0.2) is 0 Å². The van der Waals surface area contributed by atoms with Gasteiger partial charge in [-0.05, 0) is 0 Å². The van der Waals surface area contributed by atoms with Crippen molar-refractivity contribution in [2.24, 2.45) is 0 Å². The molecule has 14 heavy (non-hydrogen) atoms. The van der Waals surface area contributed by atoms with Crippen LogP contribution in [0, 0.1) is 0 Å². The fraction of sp³-hybridized carbons (Fsp3) is 0.800. The molecule has 0 rings (SSSR count). The van der Waals surface area contributed by atoms with E-state index in [0.717, 1.165) is 19.1 Å². The molecule has 0 saturated heterocycles. The lowest BCUT2D eigenvalue weighted by Crippen LogP contribution is -2.32. The summed E-state index contributed by atoms with van der Waals surface area (Å²) in [6, 6.07) is 3.00. The highest BCUT2D eigenvalue weighted by Crippen LogP contribution is 2.24. The third-order valence-corrected chi connectivity index (χ3v) is 7.13. The summed E-state index contributed by atoms with van der Waals surface area (Å²) in [5.41, 5.74) is 8.26. The lowest BCUT2D eigenvalue weighted by Gasteiger charge is -2.24. The van der Waals surface area contributed by atoms with Gasteiger partial charge in [-0.15, -0.1) is 0 Å². The normalized spacial score (nSPS) is 10.8. The van der Waals surface area contributed by atoms with Crippen molar-refractivity contribution in [3.63, 3.8) is 0 Å². The number of hydrogen-bond donors (Lipinski definition) is 0. The van der Waals surface area contributed by atoms with Gasteiger partial charge in [0.2, 0.25) is 5.78 Å². The molecule has 0 spiro atoms. The van der Waals surface area contributed by atoms with Gasteiger partial charge in [-0.3, -0.25) is 4.79 Å². The second-order valence-electron chi connectivity index (χ2n) is 4.20. The van der Waals surface area contributed by atoms with Crippen molar-refractivity contribution < 1.29 is 9.58 Å². The highest BCUT2D eigenvalue weighted by atomic mass is 28.3. The van der Waals surface area contributed by atoms with Crippen LogP contribution in [0.3, 0.4) is 0 Å². The van der Waals surface area contributed by atoms with Gasteiger partial charge < -0.3 is 5.53 Å². The average Bonchev–Trinajstić information content (AvgIpc) is 2.04. The standard InChI is InChI=1S/C10H20N2OSi/c1-4-6-14(3,7-5-2)9-10(13)8-12-11/h8H,4-7,9H2,1-3H3. The van der Waals surface area contributed by atoms with E-state index in [1.54, 1.807) is 0 Å². The van der Waals surface area contributed by atoms with Gasteiger partial charge in [0.05, 0.1) is 8.07 Å². The zero-order chi connectivity index (χ0) is 11.0. The Morgan fingerprint density at radius 1 is 1.36 bits per heavy atom. The first kappa shape index (κ1) is 13.3. The first-order valence-corrected chi connectivity index (χ1v) is 8.40. The predicted octanol–water partition coefficient (Wildman–Crippen LogP) is 2.75. The molecule has 0 bridgehead atoms. The second-order valence-corrected chi connectivity index (χ2v) is 9.17.